The van der Waals surface area contributed by atoms with Crippen LogP contribution in [0.1, 0.15) is 66.2 Å². The van der Waals surface area contributed by atoms with E-state index in [1.54, 1.807) is 0 Å². The minimum atomic E-state index is 0.338. The fourth-order valence-corrected chi connectivity index (χ4v) is 5.11. The molecule has 1 amide bonds. The topological polar surface area (TPSA) is 23.6 Å². The molecule has 3 heteroatoms. The molecule has 0 aromatic heterocycles. The minimum absolute atomic E-state index is 0.338. The van der Waals surface area contributed by atoms with Crippen molar-refractivity contribution < 1.29 is 4.79 Å². The maximum atomic E-state index is 12.7. The third-order valence-corrected chi connectivity index (χ3v) is 7.29. The highest BCUT2D eigenvalue weighted by Gasteiger charge is 2.39. The molecule has 0 bridgehead atoms. The van der Waals surface area contributed by atoms with Crippen molar-refractivity contribution in [1.82, 2.24) is 9.80 Å². The Labute approximate surface area is 149 Å². The molecule has 138 valence electrons. The second-order valence-electron chi connectivity index (χ2n) is 9.35. The molecular weight excluding hydrogens is 296 g/mol. The van der Waals surface area contributed by atoms with Gasteiger partial charge in [-0.1, -0.05) is 27.7 Å². The van der Waals surface area contributed by atoms with Crippen LogP contribution in [0.5, 0.6) is 0 Å². The van der Waals surface area contributed by atoms with E-state index in [4.69, 9.17) is 0 Å². The zero-order valence-corrected chi connectivity index (χ0v) is 16.3. The molecule has 0 spiro atoms. The van der Waals surface area contributed by atoms with Crippen LogP contribution in [-0.2, 0) is 4.79 Å². The molecule has 3 rings (SSSR count). The van der Waals surface area contributed by atoms with Crippen LogP contribution in [0, 0.1) is 29.6 Å². The molecule has 2 saturated carbocycles. The number of hydrogen-bond donors (Lipinski definition) is 0. The van der Waals surface area contributed by atoms with Gasteiger partial charge in [0.25, 0.3) is 0 Å². The summed E-state index contributed by atoms with van der Waals surface area (Å²) in [5.74, 6) is 4.11. The molecule has 24 heavy (non-hydrogen) atoms. The Morgan fingerprint density at radius 1 is 0.792 bits per heavy atom. The highest BCUT2D eigenvalue weighted by molar-refractivity contribution is 5.79. The SMILES string of the molecule is CC(C)C1CCC(N2CCN(C(=O)C3CC(C(C)C)C3)CC2)CC1. The first-order valence-corrected chi connectivity index (χ1v) is 10.5. The summed E-state index contributed by atoms with van der Waals surface area (Å²) in [6.07, 6.45) is 7.82. The molecule has 0 radical (unpaired) electrons. The Morgan fingerprint density at radius 2 is 1.33 bits per heavy atom. The predicted octanol–water partition coefficient (Wildman–Crippen LogP) is 4.03. The molecule has 0 aromatic carbocycles. The molecule has 3 fully saturated rings. The fourth-order valence-electron chi connectivity index (χ4n) is 5.11. The van der Waals surface area contributed by atoms with Crippen LogP contribution >= 0.6 is 0 Å². The first-order chi connectivity index (χ1) is 11.5. The molecule has 0 N–H and O–H groups in total. The van der Waals surface area contributed by atoms with Gasteiger partial charge in [0.2, 0.25) is 5.91 Å². The highest BCUT2D eigenvalue weighted by atomic mass is 16.2. The molecule has 0 atom stereocenters. The van der Waals surface area contributed by atoms with Gasteiger partial charge in [-0.15, -0.1) is 0 Å². The quantitative estimate of drug-likeness (QED) is 0.775. The second kappa shape index (κ2) is 7.76. The first kappa shape index (κ1) is 18.2. The van der Waals surface area contributed by atoms with Crippen molar-refractivity contribution in [2.24, 2.45) is 29.6 Å². The predicted molar refractivity (Wildman–Crippen MR) is 99.8 cm³/mol. The lowest BCUT2D eigenvalue weighted by atomic mass is 9.69. The summed E-state index contributed by atoms with van der Waals surface area (Å²) in [7, 11) is 0. The normalized spacial score (nSPS) is 35.3. The van der Waals surface area contributed by atoms with E-state index in [1.165, 1.54) is 25.7 Å². The number of rotatable bonds is 4. The Bertz CT molecular complexity index is 412. The monoisotopic (exact) mass is 334 g/mol. The van der Waals surface area contributed by atoms with Gasteiger partial charge in [0.1, 0.15) is 0 Å². The van der Waals surface area contributed by atoms with Crippen molar-refractivity contribution in [3.05, 3.63) is 0 Å². The molecule has 0 aromatic rings. The van der Waals surface area contributed by atoms with E-state index < -0.39 is 0 Å². The van der Waals surface area contributed by atoms with Gasteiger partial charge in [0.05, 0.1) is 0 Å². The third kappa shape index (κ3) is 3.98. The summed E-state index contributed by atoms with van der Waals surface area (Å²) in [6.45, 7) is 13.5. The Hall–Kier alpha value is -0.570. The van der Waals surface area contributed by atoms with E-state index >= 15 is 0 Å². The number of nitrogens with zero attached hydrogens (tertiary/aromatic N) is 2. The van der Waals surface area contributed by atoms with Gasteiger partial charge in [0.15, 0.2) is 0 Å². The Kier molecular flexibility index (Phi) is 5.89. The number of amides is 1. The van der Waals surface area contributed by atoms with E-state index in [9.17, 15) is 4.79 Å². The van der Waals surface area contributed by atoms with Gasteiger partial charge in [-0.05, 0) is 62.2 Å². The molecular formula is C21H38N2O. The molecule has 0 unspecified atom stereocenters. The lowest BCUT2D eigenvalue weighted by Crippen LogP contribution is -2.54. The van der Waals surface area contributed by atoms with Gasteiger partial charge >= 0.3 is 0 Å². The van der Waals surface area contributed by atoms with Gasteiger partial charge < -0.3 is 4.90 Å². The molecule has 1 aliphatic heterocycles. The van der Waals surface area contributed by atoms with Gasteiger partial charge in [-0.3, -0.25) is 9.69 Å². The lowest BCUT2D eigenvalue weighted by Gasteiger charge is -2.45. The number of carbonyl (C=O) groups excluding carboxylic acids is 1. The van der Waals surface area contributed by atoms with E-state index in [-0.39, 0.29) is 0 Å². The largest absolute Gasteiger partial charge is 0.340 e. The van der Waals surface area contributed by atoms with Crippen molar-refractivity contribution in [2.45, 2.75) is 72.3 Å². The summed E-state index contributed by atoms with van der Waals surface area (Å²) >= 11 is 0. The maximum absolute atomic E-state index is 12.7. The molecule has 3 nitrogen and oxygen atoms in total. The molecule has 2 aliphatic carbocycles. The smallest absolute Gasteiger partial charge is 0.225 e. The third-order valence-electron chi connectivity index (χ3n) is 7.29. The maximum Gasteiger partial charge on any atom is 0.225 e. The fraction of sp³-hybridized carbons (Fsp3) is 0.952. The van der Waals surface area contributed by atoms with Crippen LogP contribution < -0.4 is 0 Å². The first-order valence-electron chi connectivity index (χ1n) is 10.5. The zero-order chi connectivity index (χ0) is 17.3. The van der Waals surface area contributed by atoms with Crippen LogP contribution in [0.2, 0.25) is 0 Å². The Balaban J connectivity index is 1.39. The number of piperazine rings is 1. The summed E-state index contributed by atoms with van der Waals surface area (Å²) in [5, 5.41) is 0. The standard InChI is InChI=1S/C21H38N2O/c1-15(2)17-5-7-20(8-6-17)22-9-11-23(12-10-22)21(24)19-13-18(14-19)16(3)4/h15-20H,5-14H2,1-4H3. The number of carbonyl (C=O) groups is 1. The van der Waals surface area contributed by atoms with Crippen molar-refractivity contribution >= 4 is 5.91 Å². The van der Waals surface area contributed by atoms with Crippen molar-refractivity contribution in [1.29, 1.82) is 0 Å². The van der Waals surface area contributed by atoms with Crippen molar-refractivity contribution in [3.63, 3.8) is 0 Å². The van der Waals surface area contributed by atoms with Gasteiger partial charge in [0, 0.05) is 38.1 Å². The summed E-state index contributed by atoms with van der Waals surface area (Å²) in [4.78, 5) is 17.5. The number of hydrogen-bond acceptors (Lipinski definition) is 2. The van der Waals surface area contributed by atoms with Crippen LogP contribution in [0.15, 0.2) is 0 Å². The van der Waals surface area contributed by atoms with Gasteiger partial charge in [-0.2, -0.15) is 0 Å². The average molecular weight is 335 g/mol. The molecule has 3 aliphatic rings. The van der Waals surface area contributed by atoms with E-state index in [0.29, 0.717) is 11.8 Å². The van der Waals surface area contributed by atoms with Crippen LogP contribution in [0.25, 0.3) is 0 Å². The van der Waals surface area contributed by atoms with Crippen LogP contribution in [0.3, 0.4) is 0 Å². The summed E-state index contributed by atoms with van der Waals surface area (Å²) < 4.78 is 0. The minimum Gasteiger partial charge on any atom is -0.340 e. The Morgan fingerprint density at radius 3 is 1.83 bits per heavy atom. The van der Waals surface area contributed by atoms with Gasteiger partial charge in [-0.25, -0.2) is 0 Å². The van der Waals surface area contributed by atoms with Crippen LogP contribution in [0.4, 0.5) is 0 Å². The van der Waals surface area contributed by atoms with E-state index in [1.807, 2.05) is 0 Å². The second-order valence-corrected chi connectivity index (χ2v) is 9.35. The lowest BCUT2D eigenvalue weighted by molar-refractivity contribution is -0.142. The van der Waals surface area contributed by atoms with Crippen LogP contribution in [-0.4, -0.2) is 47.9 Å². The average Bonchev–Trinajstić information content (AvgIpc) is 2.53. The van der Waals surface area contributed by atoms with Crippen molar-refractivity contribution in [3.8, 4) is 0 Å². The summed E-state index contributed by atoms with van der Waals surface area (Å²) in [5.41, 5.74) is 0. The van der Waals surface area contributed by atoms with E-state index in [0.717, 1.165) is 68.7 Å². The molecule has 1 heterocycles. The highest BCUT2D eigenvalue weighted by Crippen LogP contribution is 2.40. The van der Waals surface area contributed by atoms with Crippen molar-refractivity contribution in [2.75, 3.05) is 26.2 Å². The van der Waals surface area contributed by atoms with E-state index in [2.05, 4.69) is 37.5 Å². The zero-order valence-electron chi connectivity index (χ0n) is 16.3. The summed E-state index contributed by atoms with van der Waals surface area (Å²) in [6, 6.07) is 0.784. The molecule has 1 saturated heterocycles.